The lowest BCUT2D eigenvalue weighted by molar-refractivity contribution is -0.153. The summed E-state index contributed by atoms with van der Waals surface area (Å²) in [5, 5.41) is 5.36. The summed E-state index contributed by atoms with van der Waals surface area (Å²) in [5.41, 5.74) is 1.58. The lowest BCUT2D eigenvalue weighted by atomic mass is 10.1. The Hall–Kier alpha value is -4.08. The largest absolute Gasteiger partial charge is 0.484 e. The van der Waals surface area contributed by atoms with Gasteiger partial charge in [-0.1, -0.05) is 36.4 Å². The van der Waals surface area contributed by atoms with Crippen molar-refractivity contribution in [2.24, 2.45) is 0 Å². The molecule has 0 bridgehead atoms. The van der Waals surface area contributed by atoms with Crippen LogP contribution < -0.4 is 20.1 Å². The van der Waals surface area contributed by atoms with E-state index in [0.29, 0.717) is 18.7 Å². The summed E-state index contributed by atoms with van der Waals surface area (Å²) < 4.78 is 47.8. The van der Waals surface area contributed by atoms with Crippen LogP contribution in [-0.2, 0) is 17.8 Å². The first-order chi connectivity index (χ1) is 16.8. The number of carbonyl (C=O) groups excluding carboxylic acids is 2. The molecule has 0 unspecified atom stereocenters. The van der Waals surface area contributed by atoms with Crippen molar-refractivity contribution in [3.63, 3.8) is 0 Å². The normalized spacial score (nSPS) is 10.9. The maximum Gasteiger partial charge on any atom is 0.422 e. The average molecular weight is 487 g/mol. The number of hydrogen-bond acceptors (Lipinski definition) is 5. The summed E-state index contributed by atoms with van der Waals surface area (Å²) in [6.07, 6.45) is -2.33. The third-order valence-electron chi connectivity index (χ3n) is 4.69. The number of rotatable bonds is 11. The fourth-order valence-corrected chi connectivity index (χ4v) is 3.02. The minimum Gasteiger partial charge on any atom is -0.484 e. The topological polar surface area (TPSA) is 89.5 Å². The molecule has 1 heterocycles. The summed E-state index contributed by atoms with van der Waals surface area (Å²) >= 11 is 0. The van der Waals surface area contributed by atoms with Gasteiger partial charge in [0.15, 0.2) is 13.2 Å². The number of aromatic nitrogens is 1. The second-order valence-corrected chi connectivity index (χ2v) is 7.44. The summed E-state index contributed by atoms with van der Waals surface area (Å²) in [6, 6.07) is 18.5. The molecule has 0 aliphatic rings. The molecular formula is C25H24F3N3O4. The molecule has 2 N–H and O–H groups in total. The van der Waals surface area contributed by atoms with Gasteiger partial charge in [0.2, 0.25) is 0 Å². The summed E-state index contributed by atoms with van der Waals surface area (Å²) in [4.78, 5) is 29.1. The molecule has 0 spiro atoms. The van der Waals surface area contributed by atoms with Gasteiger partial charge in [-0.05, 0) is 42.3 Å². The third kappa shape index (κ3) is 9.00. The maximum atomic E-state index is 12.8. The van der Waals surface area contributed by atoms with Gasteiger partial charge >= 0.3 is 6.18 Å². The van der Waals surface area contributed by atoms with E-state index in [1.54, 1.807) is 24.4 Å². The number of amides is 2. The molecule has 35 heavy (non-hydrogen) atoms. The van der Waals surface area contributed by atoms with E-state index in [4.69, 9.17) is 9.47 Å². The molecule has 0 saturated heterocycles. The first kappa shape index (κ1) is 25.5. The van der Waals surface area contributed by atoms with Crippen LogP contribution in [0.25, 0.3) is 0 Å². The van der Waals surface area contributed by atoms with Crippen LogP contribution in [0.1, 0.15) is 21.6 Å². The van der Waals surface area contributed by atoms with Gasteiger partial charge in [0.1, 0.15) is 11.5 Å². The number of hydrogen-bond donors (Lipinski definition) is 2. The van der Waals surface area contributed by atoms with Crippen molar-refractivity contribution in [3.05, 3.63) is 89.7 Å². The van der Waals surface area contributed by atoms with Gasteiger partial charge in [-0.2, -0.15) is 13.2 Å². The number of nitrogens with one attached hydrogen (secondary N) is 2. The molecule has 2 aromatic carbocycles. The number of nitrogens with zero attached hydrogens (tertiary/aromatic N) is 1. The van der Waals surface area contributed by atoms with Gasteiger partial charge in [0.05, 0.1) is 17.8 Å². The zero-order valence-electron chi connectivity index (χ0n) is 18.7. The fourth-order valence-electron chi connectivity index (χ4n) is 3.02. The molecule has 0 saturated carbocycles. The van der Waals surface area contributed by atoms with E-state index in [-0.39, 0.29) is 30.2 Å². The fraction of sp³-hybridized carbons (Fsp3) is 0.240. The SMILES string of the molecule is O=C(COc1ccc(OCC(F)(F)F)cc1C(=O)NCc1ccccn1)NCCc1ccccc1. The lowest BCUT2D eigenvalue weighted by Gasteiger charge is -2.15. The Morgan fingerprint density at radius 3 is 2.40 bits per heavy atom. The van der Waals surface area contributed by atoms with Gasteiger partial charge in [-0.15, -0.1) is 0 Å². The van der Waals surface area contributed by atoms with E-state index in [1.165, 1.54) is 12.1 Å². The molecule has 3 aromatic rings. The van der Waals surface area contributed by atoms with E-state index >= 15 is 0 Å². The highest BCUT2D eigenvalue weighted by molar-refractivity contribution is 5.97. The van der Waals surface area contributed by atoms with E-state index in [9.17, 15) is 22.8 Å². The molecule has 0 atom stereocenters. The molecule has 0 aliphatic heterocycles. The Labute approximate surface area is 200 Å². The first-order valence-corrected chi connectivity index (χ1v) is 10.8. The molecule has 7 nitrogen and oxygen atoms in total. The van der Waals surface area contributed by atoms with Crippen LogP contribution in [0.2, 0.25) is 0 Å². The van der Waals surface area contributed by atoms with Gasteiger partial charge in [-0.3, -0.25) is 14.6 Å². The number of carbonyl (C=O) groups is 2. The zero-order chi connectivity index (χ0) is 25.1. The molecular weight excluding hydrogens is 463 g/mol. The van der Waals surface area contributed by atoms with E-state index < -0.39 is 24.6 Å². The Bertz CT molecular complexity index is 1110. The van der Waals surface area contributed by atoms with E-state index in [0.717, 1.165) is 11.6 Å². The van der Waals surface area contributed by atoms with Crippen molar-refractivity contribution >= 4 is 11.8 Å². The molecule has 2 amide bonds. The number of alkyl halides is 3. The van der Waals surface area contributed by atoms with Crippen molar-refractivity contribution in [1.82, 2.24) is 15.6 Å². The van der Waals surface area contributed by atoms with Crippen LogP contribution in [0.5, 0.6) is 11.5 Å². The Balaban J connectivity index is 1.62. The monoisotopic (exact) mass is 487 g/mol. The number of ether oxygens (including phenoxy) is 2. The summed E-state index contributed by atoms with van der Waals surface area (Å²) in [7, 11) is 0. The van der Waals surface area contributed by atoms with Crippen molar-refractivity contribution in [2.75, 3.05) is 19.8 Å². The molecule has 0 radical (unpaired) electrons. The molecule has 184 valence electrons. The Morgan fingerprint density at radius 1 is 0.914 bits per heavy atom. The lowest BCUT2D eigenvalue weighted by Crippen LogP contribution is -2.31. The van der Waals surface area contributed by atoms with Gasteiger partial charge in [-0.25, -0.2) is 0 Å². The number of halogens is 3. The minimum atomic E-state index is -4.53. The number of pyridine rings is 1. The average Bonchev–Trinajstić information content (AvgIpc) is 2.86. The van der Waals surface area contributed by atoms with Crippen LogP contribution in [0.4, 0.5) is 13.2 Å². The zero-order valence-corrected chi connectivity index (χ0v) is 18.7. The van der Waals surface area contributed by atoms with E-state index in [2.05, 4.69) is 15.6 Å². The highest BCUT2D eigenvalue weighted by atomic mass is 19.4. The standard InChI is InChI=1S/C25H24F3N3O4/c26-25(27,28)17-35-20-9-10-22(21(14-20)24(33)31-15-19-8-4-5-12-29-19)34-16-23(32)30-13-11-18-6-2-1-3-7-18/h1-10,12,14H,11,13,15-17H2,(H,30,32)(H,31,33). The Kier molecular flexibility index (Phi) is 9.05. The molecule has 3 rings (SSSR count). The smallest absolute Gasteiger partial charge is 0.422 e. The van der Waals surface area contributed by atoms with Crippen LogP contribution >= 0.6 is 0 Å². The molecule has 0 aliphatic carbocycles. The minimum absolute atomic E-state index is 0.0288. The van der Waals surface area contributed by atoms with Crippen LogP contribution in [0.15, 0.2) is 72.9 Å². The third-order valence-corrected chi connectivity index (χ3v) is 4.69. The van der Waals surface area contributed by atoms with Crippen LogP contribution in [0, 0.1) is 0 Å². The van der Waals surface area contributed by atoms with Crippen molar-refractivity contribution in [1.29, 1.82) is 0 Å². The second-order valence-electron chi connectivity index (χ2n) is 7.44. The summed E-state index contributed by atoms with van der Waals surface area (Å²) in [5.74, 6) is -1.16. The van der Waals surface area contributed by atoms with Crippen LogP contribution in [-0.4, -0.2) is 42.7 Å². The highest BCUT2D eigenvalue weighted by Gasteiger charge is 2.28. The Morgan fingerprint density at radius 2 is 1.69 bits per heavy atom. The molecule has 1 aromatic heterocycles. The maximum absolute atomic E-state index is 12.8. The predicted octanol–water partition coefficient (Wildman–Crippen LogP) is 3.69. The predicted molar refractivity (Wildman–Crippen MR) is 122 cm³/mol. The van der Waals surface area contributed by atoms with Crippen molar-refractivity contribution < 1.29 is 32.2 Å². The van der Waals surface area contributed by atoms with E-state index in [1.807, 2.05) is 30.3 Å². The van der Waals surface area contributed by atoms with Crippen molar-refractivity contribution in [3.8, 4) is 11.5 Å². The van der Waals surface area contributed by atoms with Gasteiger partial charge < -0.3 is 20.1 Å². The van der Waals surface area contributed by atoms with Gasteiger partial charge in [0.25, 0.3) is 11.8 Å². The quantitative estimate of drug-likeness (QED) is 0.431. The summed E-state index contributed by atoms with van der Waals surface area (Å²) in [6.45, 7) is -1.40. The molecule has 10 heteroatoms. The first-order valence-electron chi connectivity index (χ1n) is 10.8. The number of benzene rings is 2. The highest BCUT2D eigenvalue weighted by Crippen LogP contribution is 2.26. The van der Waals surface area contributed by atoms with Gasteiger partial charge in [0, 0.05) is 12.7 Å². The van der Waals surface area contributed by atoms with Crippen LogP contribution in [0.3, 0.4) is 0 Å². The molecule has 0 fully saturated rings. The second kappa shape index (κ2) is 12.4. The van der Waals surface area contributed by atoms with Crippen molar-refractivity contribution in [2.45, 2.75) is 19.1 Å².